The lowest BCUT2D eigenvalue weighted by Crippen LogP contribution is -2.22. The van der Waals surface area contributed by atoms with E-state index in [1.165, 1.54) is 0 Å². The number of rotatable bonds is 8. The molecule has 0 atom stereocenters. The number of benzene rings is 2. The molecule has 0 saturated heterocycles. The predicted octanol–water partition coefficient (Wildman–Crippen LogP) is 3.05. The Morgan fingerprint density at radius 2 is 1.88 bits per heavy atom. The van der Waals surface area contributed by atoms with Crippen LogP contribution in [-0.4, -0.2) is 32.0 Å². The van der Waals surface area contributed by atoms with Gasteiger partial charge in [-0.2, -0.15) is 0 Å². The second-order valence-corrected chi connectivity index (χ2v) is 5.80. The average Bonchev–Trinajstić information content (AvgIpc) is 2.64. The highest BCUT2D eigenvalue weighted by atomic mass is 16.5. The molecule has 0 bridgehead atoms. The molecule has 2 aromatic rings. The van der Waals surface area contributed by atoms with Gasteiger partial charge in [0.1, 0.15) is 12.4 Å². The van der Waals surface area contributed by atoms with Crippen LogP contribution in [-0.2, 0) is 4.79 Å². The van der Waals surface area contributed by atoms with Crippen LogP contribution in [0.25, 0.3) is 0 Å². The van der Waals surface area contributed by atoms with Gasteiger partial charge in [-0.15, -0.1) is 0 Å². The third kappa shape index (κ3) is 5.66. The second-order valence-electron chi connectivity index (χ2n) is 5.80. The number of para-hydroxylation sites is 2. The van der Waals surface area contributed by atoms with E-state index in [0.717, 1.165) is 11.3 Å². The summed E-state index contributed by atoms with van der Waals surface area (Å²) in [6.45, 7) is 6.17. The van der Waals surface area contributed by atoms with Crippen molar-refractivity contribution in [1.82, 2.24) is 5.32 Å². The van der Waals surface area contributed by atoms with Gasteiger partial charge in [-0.3, -0.25) is 9.59 Å². The first-order valence-electron chi connectivity index (χ1n) is 8.21. The summed E-state index contributed by atoms with van der Waals surface area (Å²) in [4.78, 5) is 23.8. The fourth-order valence-corrected chi connectivity index (χ4v) is 2.20. The maximum atomic E-state index is 12.2. The number of hydrogen-bond donors (Lipinski definition) is 3. The Morgan fingerprint density at radius 1 is 1.12 bits per heavy atom. The lowest BCUT2D eigenvalue weighted by Gasteiger charge is -2.13. The minimum Gasteiger partial charge on any atom is -0.487 e. The molecule has 2 aromatic carbocycles. The normalized spacial score (nSPS) is 9.92. The number of anilines is 2. The van der Waals surface area contributed by atoms with Crippen LogP contribution in [0.4, 0.5) is 11.4 Å². The van der Waals surface area contributed by atoms with Crippen LogP contribution in [0.15, 0.2) is 60.7 Å². The van der Waals surface area contributed by atoms with Crippen LogP contribution in [0.5, 0.6) is 5.75 Å². The van der Waals surface area contributed by atoms with E-state index < -0.39 is 0 Å². The van der Waals surface area contributed by atoms with E-state index in [-0.39, 0.29) is 18.4 Å². The summed E-state index contributed by atoms with van der Waals surface area (Å²) in [5.41, 5.74) is 2.68. The topological polar surface area (TPSA) is 79.5 Å². The lowest BCUT2D eigenvalue weighted by atomic mass is 10.2. The first-order chi connectivity index (χ1) is 12.5. The zero-order chi connectivity index (χ0) is 18.9. The van der Waals surface area contributed by atoms with Crippen LogP contribution in [0.2, 0.25) is 0 Å². The van der Waals surface area contributed by atoms with Crippen molar-refractivity contribution in [3.63, 3.8) is 0 Å². The van der Waals surface area contributed by atoms with Crippen molar-refractivity contribution in [1.29, 1.82) is 0 Å². The van der Waals surface area contributed by atoms with Gasteiger partial charge in [0.25, 0.3) is 5.91 Å². The van der Waals surface area contributed by atoms with Gasteiger partial charge in [-0.05, 0) is 42.8 Å². The molecule has 2 amide bonds. The average molecular weight is 353 g/mol. The quantitative estimate of drug-likeness (QED) is 0.637. The molecule has 136 valence electrons. The molecule has 0 saturated carbocycles. The maximum Gasteiger partial charge on any atom is 0.251 e. The molecule has 0 aliphatic rings. The largest absolute Gasteiger partial charge is 0.487 e. The molecule has 0 fully saturated rings. The Morgan fingerprint density at radius 3 is 2.62 bits per heavy atom. The molecule has 0 unspecified atom stereocenters. The molecular weight excluding hydrogens is 330 g/mol. The maximum absolute atomic E-state index is 12.2. The Labute approximate surface area is 153 Å². The van der Waals surface area contributed by atoms with Crippen molar-refractivity contribution >= 4 is 23.2 Å². The number of carbonyl (C=O) groups excluding carboxylic acids is 2. The highest BCUT2D eigenvalue weighted by Crippen LogP contribution is 2.24. The van der Waals surface area contributed by atoms with Crippen LogP contribution in [0, 0.1) is 0 Å². The van der Waals surface area contributed by atoms with Crippen LogP contribution in [0.1, 0.15) is 17.3 Å². The van der Waals surface area contributed by atoms with Gasteiger partial charge in [0.2, 0.25) is 5.91 Å². The summed E-state index contributed by atoms with van der Waals surface area (Å²) < 4.78 is 5.67. The smallest absolute Gasteiger partial charge is 0.251 e. The van der Waals surface area contributed by atoms with E-state index in [9.17, 15) is 9.59 Å². The van der Waals surface area contributed by atoms with Gasteiger partial charge in [-0.1, -0.05) is 24.8 Å². The van der Waals surface area contributed by atoms with E-state index in [0.29, 0.717) is 23.6 Å². The monoisotopic (exact) mass is 353 g/mol. The number of hydrogen-bond acceptors (Lipinski definition) is 4. The third-order valence-electron chi connectivity index (χ3n) is 3.44. The zero-order valence-corrected chi connectivity index (χ0v) is 15.0. The van der Waals surface area contributed by atoms with Crippen LogP contribution in [0.3, 0.4) is 0 Å². The molecule has 0 aliphatic carbocycles. The van der Waals surface area contributed by atoms with Crippen molar-refractivity contribution in [2.45, 2.75) is 6.92 Å². The summed E-state index contributed by atoms with van der Waals surface area (Å²) in [6.07, 6.45) is 0. The minimum atomic E-state index is -0.228. The number of carbonyl (C=O) groups is 2. The zero-order valence-electron chi connectivity index (χ0n) is 15.0. The highest BCUT2D eigenvalue weighted by molar-refractivity contribution is 5.98. The SMILES string of the molecule is C=C(C)COc1ccccc1NCC(=O)Nc1cccc(C(=O)NC)c1. The molecule has 6 heteroatoms. The van der Waals surface area contributed by atoms with E-state index in [1.54, 1.807) is 31.3 Å². The Bertz CT molecular complexity index is 802. The van der Waals surface area contributed by atoms with Crippen LogP contribution >= 0.6 is 0 Å². The summed E-state index contributed by atoms with van der Waals surface area (Å²) in [6, 6.07) is 14.2. The summed E-state index contributed by atoms with van der Waals surface area (Å²) >= 11 is 0. The molecule has 6 nitrogen and oxygen atoms in total. The third-order valence-corrected chi connectivity index (χ3v) is 3.44. The van der Waals surface area contributed by atoms with Gasteiger partial charge in [0.05, 0.1) is 12.2 Å². The van der Waals surface area contributed by atoms with Crippen molar-refractivity contribution in [3.05, 3.63) is 66.2 Å². The van der Waals surface area contributed by atoms with Crippen molar-refractivity contribution < 1.29 is 14.3 Å². The summed E-state index contributed by atoms with van der Waals surface area (Å²) in [7, 11) is 1.56. The molecule has 3 N–H and O–H groups in total. The Kier molecular flexibility index (Phi) is 6.79. The summed E-state index contributed by atoms with van der Waals surface area (Å²) in [5, 5.41) is 8.37. The first kappa shape index (κ1) is 19.1. The molecular formula is C20H23N3O3. The van der Waals surface area contributed by atoms with E-state index in [1.807, 2.05) is 31.2 Å². The van der Waals surface area contributed by atoms with Gasteiger partial charge in [-0.25, -0.2) is 0 Å². The first-order valence-corrected chi connectivity index (χ1v) is 8.21. The lowest BCUT2D eigenvalue weighted by molar-refractivity contribution is -0.114. The molecule has 0 radical (unpaired) electrons. The molecule has 0 aromatic heterocycles. The van der Waals surface area contributed by atoms with Gasteiger partial charge in [0, 0.05) is 18.3 Å². The van der Waals surface area contributed by atoms with Crippen molar-refractivity contribution in [2.75, 3.05) is 30.8 Å². The van der Waals surface area contributed by atoms with Gasteiger partial charge < -0.3 is 20.7 Å². The number of amides is 2. The van der Waals surface area contributed by atoms with Crippen molar-refractivity contribution in [3.8, 4) is 5.75 Å². The molecule has 0 aliphatic heterocycles. The fraction of sp³-hybridized carbons (Fsp3) is 0.200. The Hall–Kier alpha value is -3.28. The molecule has 0 heterocycles. The molecule has 0 spiro atoms. The van der Waals surface area contributed by atoms with Gasteiger partial charge in [0.15, 0.2) is 0 Å². The van der Waals surface area contributed by atoms with Crippen molar-refractivity contribution in [2.24, 2.45) is 0 Å². The Balaban J connectivity index is 1.95. The highest BCUT2D eigenvalue weighted by Gasteiger charge is 2.08. The number of ether oxygens (including phenoxy) is 1. The van der Waals surface area contributed by atoms with E-state index >= 15 is 0 Å². The number of nitrogens with one attached hydrogen (secondary N) is 3. The standard InChI is InChI=1S/C20H23N3O3/c1-14(2)13-26-18-10-5-4-9-17(18)22-12-19(24)23-16-8-6-7-15(11-16)20(25)21-3/h4-11,22H,1,12-13H2,2-3H3,(H,21,25)(H,23,24). The van der Waals surface area contributed by atoms with E-state index in [2.05, 4.69) is 22.5 Å². The van der Waals surface area contributed by atoms with Crippen LogP contribution < -0.4 is 20.7 Å². The second kappa shape index (κ2) is 9.27. The predicted molar refractivity (Wildman–Crippen MR) is 104 cm³/mol. The van der Waals surface area contributed by atoms with E-state index in [4.69, 9.17) is 4.74 Å². The molecule has 2 rings (SSSR count). The molecule has 26 heavy (non-hydrogen) atoms. The summed E-state index contributed by atoms with van der Waals surface area (Å²) in [5.74, 6) is 0.224. The fourth-order valence-electron chi connectivity index (χ4n) is 2.20. The van der Waals surface area contributed by atoms with Gasteiger partial charge >= 0.3 is 0 Å². The minimum absolute atomic E-state index is 0.0671.